The van der Waals surface area contributed by atoms with E-state index in [4.69, 9.17) is 18.8 Å². The maximum absolute atomic E-state index is 8.79. The third kappa shape index (κ3) is 6.50. The molecule has 2 unspecified atom stereocenters. The van der Waals surface area contributed by atoms with Crippen molar-refractivity contribution in [2.24, 2.45) is 5.92 Å². The Morgan fingerprint density at radius 2 is 1.79 bits per heavy atom. The fourth-order valence-corrected chi connectivity index (χ4v) is 2.27. The molecule has 0 heterocycles. The van der Waals surface area contributed by atoms with E-state index in [0.29, 0.717) is 0 Å². The Hall–Kier alpha value is 0.0569. The van der Waals surface area contributed by atoms with Crippen LogP contribution in [0.1, 0.15) is 46.5 Å². The molecule has 0 bridgehead atoms. The Balaban J connectivity index is 3.97. The summed E-state index contributed by atoms with van der Waals surface area (Å²) in [5.74, 6) is 0.285. The van der Waals surface area contributed by atoms with E-state index in [-0.39, 0.29) is 12.0 Å². The van der Waals surface area contributed by atoms with E-state index >= 15 is 0 Å². The maximum atomic E-state index is 8.79. The molecule has 4 nitrogen and oxygen atoms in total. The molecule has 86 valence electrons. The van der Waals surface area contributed by atoms with Crippen LogP contribution in [0.5, 0.6) is 0 Å². The van der Waals surface area contributed by atoms with E-state index in [1.807, 2.05) is 6.92 Å². The Morgan fingerprint density at radius 3 is 2.14 bits per heavy atom. The highest BCUT2D eigenvalue weighted by molar-refractivity contribution is 6.48. The van der Waals surface area contributed by atoms with Crippen molar-refractivity contribution in [2.75, 3.05) is 0 Å². The second kappa shape index (κ2) is 6.52. The van der Waals surface area contributed by atoms with Gasteiger partial charge in [-0.1, -0.05) is 33.1 Å². The van der Waals surface area contributed by atoms with E-state index in [1.165, 1.54) is 0 Å². The van der Waals surface area contributed by atoms with E-state index in [0.717, 1.165) is 25.7 Å². The van der Waals surface area contributed by atoms with Crippen LogP contribution < -0.4 is 0 Å². The van der Waals surface area contributed by atoms with Gasteiger partial charge in [0.25, 0.3) is 0 Å². The first-order chi connectivity index (χ1) is 6.40. The van der Waals surface area contributed by atoms with Crippen LogP contribution in [0.3, 0.4) is 0 Å². The van der Waals surface area contributed by atoms with Crippen LogP contribution in [-0.2, 0) is 4.43 Å². The highest BCUT2D eigenvalue weighted by atomic mass is 28.4. The monoisotopic (exact) mass is 222 g/mol. The second-order valence-electron chi connectivity index (χ2n) is 3.71. The number of hydrogen-bond donors (Lipinski definition) is 3. The zero-order valence-corrected chi connectivity index (χ0v) is 10.2. The van der Waals surface area contributed by atoms with Gasteiger partial charge in [-0.25, -0.2) is 0 Å². The van der Waals surface area contributed by atoms with E-state index in [1.54, 1.807) is 6.92 Å². The molecule has 0 rings (SSSR count). The van der Waals surface area contributed by atoms with Crippen molar-refractivity contribution in [3.05, 3.63) is 0 Å². The Morgan fingerprint density at radius 1 is 1.21 bits per heavy atom. The van der Waals surface area contributed by atoms with Crippen LogP contribution in [0.2, 0.25) is 0 Å². The average molecular weight is 222 g/mol. The number of unbranched alkanes of at least 4 members (excludes halogenated alkanes) is 1. The fourth-order valence-electron chi connectivity index (χ4n) is 1.58. The summed E-state index contributed by atoms with van der Waals surface area (Å²) in [4.78, 5) is 26.4. The molecule has 0 spiro atoms. The molecule has 0 fully saturated rings. The van der Waals surface area contributed by atoms with Gasteiger partial charge in [0.1, 0.15) is 0 Å². The predicted octanol–water partition coefficient (Wildman–Crippen LogP) is 1.02. The van der Waals surface area contributed by atoms with Gasteiger partial charge in [-0.05, 0) is 19.3 Å². The molecule has 0 aliphatic carbocycles. The molecule has 2 atom stereocenters. The lowest BCUT2D eigenvalue weighted by Crippen LogP contribution is -2.43. The van der Waals surface area contributed by atoms with Gasteiger partial charge in [0.15, 0.2) is 0 Å². The third-order valence-electron chi connectivity index (χ3n) is 2.46. The SMILES string of the molecule is CCCCC(CC)C(C)O[Si](O)(O)O. The first kappa shape index (κ1) is 14.1. The summed E-state index contributed by atoms with van der Waals surface area (Å²) in [5, 5.41) is 0. The highest BCUT2D eigenvalue weighted by Crippen LogP contribution is 2.20. The lowest BCUT2D eigenvalue weighted by molar-refractivity contribution is 0.00362. The van der Waals surface area contributed by atoms with Gasteiger partial charge in [-0.15, -0.1) is 0 Å². The minimum absolute atomic E-state index is 0.285. The topological polar surface area (TPSA) is 69.9 Å². The van der Waals surface area contributed by atoms with E-state index in [2.05, 4.69) is 6.92 Å². The van der Waals surface area contributed by atoms with Gasteiger partial charge in [0, 0.05) is 0 Å². The van der Waals surface area contributed by atoms with Crippen molar-refractivity contribution in [2.45, 2.75) is 52.6 Å². The van der Waals surface area contributed by atoms with Crippen molar-refractivity contribution >= 4 is 9.05 Å². The average Bonchev–Trinajstić information content (AvgIpc) is 2.02. The lowest BCUT2D eigenvalue weighted by Gasteiger charge is -2.25. The third-order valence-corrected chi connectivity index (χ3v) is 3.15. The molecule has 0 saturated heterocycles. The summed E-state index contributed by atoms with van der Waals surface area (Å²) in [6.45, 7) is 5.92. The van der Waals surface area contributed by atoms with Crippen LogP contribution in [0.25, 0.3) is 0 Å². The quantitative estimate of drug-likeness (QED) is 0.563. The molecule has 0 aromatic carbocycles. The van der Waals surface area contributed by atoms with Gasteiger partial charge >= 0.3 is 9.05 Å². The normalized spacial score (nSPS) is 16.7. The van der Waals surface area contributed by atoms with E-state index in [9.17, 15) is 0 Å². The number of hydrogen-bond acceptors (Lipinski definition) is 4. The molecular formula is C9H22O4Si. The van der Waals surface area contributed by atoms with Gasteiger partial charge in [-0.3, -0.25) is 0 Å². The fraction of sp³-hybridized carbons (Fsp3) is 1.00. The molecule has 0 aromatic heterocycles. The van der Waals surface area contributed by atoms with Crippen LogP contribution in [-0.4, -0.2) is 29.5 Å². The summed E-state index contributed by atoms with van der Waals surface area (Å²) in [6, 6.07) is 0. The highest BCUT2D eigenvalue weighted by Gasteiger charge is 2.35. The maximum Gasteiger partial charge on any atom is 0.671 e. The Bertz CT molecular complexity index is 146. The van der Waals surface area contributed by atoms with Crippen LogP contribution in [0.4, 0.5) is 0 Å². The van der Waals surface area contributed by atoms with Crippen molar-refractivity contribution in [1.82, 2.24) is 0 Å². The minimum Gasteiger partial charge on any atom is -0.368 e. The van der Waals surface area contributed by atoms with Gasteiger partial charge < -0.3 is 18.8 Å². The Labute approximate surface area is 87.0 Å². The molecule has 0 aromatic rings. The van der Waals surface area contributed by atoms with Crippen molar-refractivity contribution in [1.29, 1.82) is 0 Å². The van der Waals surface area contributed by atoms with Gasteiger partial charge in [0.2, 0.25) is 0 Å². The Kier molecular flexibility index (Phi) is 6.55. The summed E-state index contributed by atoms with van der Waals surface area (Å²) in [5.41, 5.74) is 0. The second-order valence-corrected chi connectivity index (χ2v) is 5.09. The first-order valence-corrected chi connectivity index (χ1v) is 7.00. The molecule has 0 aliphatic rings. The molecule has 0 aliphatic heterocycles. The summed E-state index contributed by atoms with van der Waals surface area (Å²) < 4.78 is 4.79. The summed E-state index contributed by atoms with van der Waals surface area (Å²) >= 11 is 0. The molecule has 5 heteroatoms. The van der Waals surface area contributed by atoms with Gasteiger partial charge in [-0.2, -0.15) is 0 Å². The smallest absolute Gasteiger partial charge is 0.368 e. The molecule has 3 N–H and O–H groups in total. The predicted molar refractivity (Wildman–Crippen MR) is 56.3 cm³/mol. The molecule has 0 radical (unpaired) electrons. The zero-order chi connectivity index (χ0) is 11.2. The van der Waals surface area contributed by atoms with Crippen LogP contribution in [0.15, 0.2) is 0 Å². The number of rotatable bonds is 7. The van der Waals surface area contributed by atoms with Crippen LogP contribution >= 0.6 is 0 Å². The van der Waals surface area contributed by atoms with Crippen molar-refractivity contribution in [3.8, 4) is 0 Å². The largest absolute Gasteiger partial charge is 0.671 e. The summed E-state index contributed by atoms with van der Waals surface area (Å²) in [6.07, 6.45) is 3.84. The molecule has 0 amide bonds. The van der Waals surface area contributed by atoms with Crippen LogP contribution in [0, 0.1) is 5.92 Å². The van der Waals surface area contributed by atoms with E-state index < -0.39 is 9.05 Å². The molecule has 0 saturated carbocycles. The summed E-state index contributed by atoms with van der Waals surface area (Å²) in [7, 11) is -4.34. The minimum atomic E-state index is -4.34. The van der Waals surface area contributed by atoms with Crippen molar-refractivity contribution < 1.29 is 18.8 Å². The first-order valence-electron chi connectivity index (χ1n) is 5.25. The molecule has 14 heavy (non-hydrogen) atoms. The van der Waals surface area contributed by atoms with Crippen molar-refractivity contribution in [3.63, 3.8) is 0 Å². The standard InChI is InChI=1S/C9H22O4Si/c1-4-6-7-9(5-2)8(3)13-14(10,11)12/h8-12H,4-7H2,1-3H3. The zero-order valence-electron chi connectivity index (χ0n) is 9.23. The van der Waals surface area contributed by atoms with Gasteiger partial charge in [0.05, 0.1) is 6.10 Å². The molecular weight excluding hydrogens is 200 g/mol. The lowest BCUT2D eigenvalue weighted by atomic mass is 9.94.